The van der Waals surface area contributed by atoms with E-state index in [-0.39, 0.29) is 5.56 Å². The first kappa shape index (κ1) is 17.7. The van der Waals surface area contributed by atoms with Crippen LogP contribution in [-0.4, -0.2) is 16.6 Å². The first-order chi connectivity index (χ1) is 13.1. The second kappa shape index (κ2) is 7.16. The third kappa shape index (κ3) is 3.12. The summed E-state index contributed by atoms with van der Waals surface area (Å²) in [6.45, 7) is 6.85. The minimum absolute atomic E-state index is 0.0794. The maximum Gasteiger partial charge on any atom is 0.260 e. The van der Waals surface area contributed by atoms with Gasteiger partial charge in [0.1, 0.15) is 16.4 Å². The van der Waals surface area contributed by atoms with Crippen LogP contribution in [0.1, 0.15) is 30.2 Å². The highest BCUT2D eigenvalue weighted by Crippen LogP contribution is 2.34. The maximum atomic E-state index is 12.7. The SMILES string of the molecule is CCCCOc1ccc(-c2nc3sc(C)c(C)c3c(=O)[nH]2)c2ccccc12. The maximum absolute atomic E-state index is 12.7. The number of H-pyrrole nitrogens is 1. The van der Waals surface area contributed by atoms with E-state index in [9.17, 15) is 4.79 Å². The Morgan fingerprint density at radius 3 is 2.67 bits per heavy atom. The predicted octanol–water partition coefficient (Wildman–Crippen LogP) is 5.60. The number of benzene rings is 2. The molecule has 4 nitrogen and oxygen atoms in total. The highest BCUT2D eigenvalue weighted by Gasteiger charge is 2.15. The van der Waals surface area contributed by atoms with Gasteiger partial charge >= 0.3 is 0 Å². The first-order valence-electron chi connectivity index (χ1n) is 9.25. The normalized spacial score (nSPS) is 11.4. The van der Waals surface area contributed by atoms with Gasteiger partial charge in [-0.15, -0.1) is 11.3 Å². The number of hydrogen-bond donors (Lipinski definition) is 1. The lowest BCUT2D eigenvalue weighted by Crippen LogP contribution is -2.09. The van der Waals surface area contributed by atoms with Crippen molar-refractivity contribution in [3.8, 4) is 17.1 Å². The van der Waals surface area contributed by atoms with Crippen molar-refractivity contribution >= 4 is 32.3 Å². The van der Waals surface area contributed by atoms with Crippen molar-refractivity contribution < 1.29 is 4.74 Å². The van der Waals surface area contributed by atoms with E-state index in [4.69, 9.17) is 9.72 Å². The number of thiophene rings is 1. The van der Waals surface area contributed by atoms with Crippen molar-refractivity contribution in [2.75, 3.05) is 6.61 Å². The van der Waals surface area contributed by atoms with Gasteiger partial charge in [0.05, 0.1) is 12.0 Å². The highest BCUT2D eigenvalue weighted by atomic mass is 32.1. The molecule has 0 aliphatic heterocycles. The van der Waals surface area contributed by atoms with Crippen LogP contribution in [0.15, 0.2) is 41.2 Å². The van der Waals surface area contributed by atoms with Gasteiger partial charge in [0.25, 0.3) is 5.56 Å². The molecule has 0 bridgehead atoms. The van der Waals surface area contributed by atoms with Gasteiger partial charge in [-0.3, -0.25) is 4.79 Å². The Bertz CT molecular complexity index is 1190. The Morgan fingerprint density at radius 1 is 1.11 bits per heavy atom. The van der Waals surface area contributed by atoms with Crippen LogP contribution in [0.2, 0.25) is 0 Å². The number of ether oxygens (including phenoxy) is 1. The molecule has 0 saturated carbocycles. The zero-order chi connectivity index (χ0) is 19.0. The molecule has 0 aliphatic rings. The fourth-order valence-electron chi connectivity index (χ4n) is 3.31. The van der Waals surface area contributed by atoms with Gasteiger partial charge in [-0.05, 0) is 43.4 Å². The third-order valence-electron chi connectivity index (χ3n) is 4.93. The van der Waals surface area contributed by atoms with E-state index >= 15 is 0 Å². The molecular weight excluding hydrogens is 356 g/mol. The summed E-state index contributed by atoms with van der Waals surface area (Å²) in [5.41, 5.74) is 1.85. The molecule has 0 fully saturated rings. The van der Waals surface area contributed by atoms with Crippen LogP contribution in [0, 0.1) is 13.8 Å². The Kier molecular flexibility index (Phi) is 4.70. The van der Waals surface area contributed by atoms with Gasteiger partial charge in [-0.25, -0.2) is 4.98 Å². The van der Waals surface area contributed by atoms with Crippen LogP contribution in [0.5, 0.6) is 5.75 Å². The zero-order valence-electron chi connectivity index (χ0n) is 15.8. The van der Waals surface area contributed by atoms with Gasteiger partial charge in [-0.1, -0.05) is 37.6 Å². The van der Waals surface area contributed by atoms with Gasteiger partial charge in [0.15, 0.2) is 0 Å². The van der Waals surface area contributed by atoms with Gasteiger partial charge in [0.2, 0.25) is 0 Å². The summed E-state index contributed by atoms with van der Waals surface area (Å²) in [6.07, 6.45) is 2.12. The quantitative estimate of drug-likeness (QED) is 0.460. The average Bonchev–Trinajstić information content (AvgIpc) is 2.96. The fourth-order valence-corrected chi connectivity index (χ4v) is 4.34. The van der Waals surface area contributed by atoms with Crippen LogP contribution < -0.4 is 10.3 Å². The Labute approximate surface area is 161 Å². The van der Waals surface area contributed by atoms with Gasteiger partial charge < -0.3 is 9.72 Å². The van der Waals surface area contributed by atoms with Crippen molar-refractivity contribution in [3.05, 3.63) is 57.2 Å². The molecule has 0 radical (unpaired) electrons. The third-order valence-corrected chi connectivity index (χ3v) is 6.03. The van der Waals surface area contributed by atoms with Crippen molar-refractivity contribution in [2.45, 2.75) is 33.6 Å². The molecule has 2 aromatic heterocycles. The molecule has 4 rings (SSSR count). The molecule has 0 unspecified atom stereocenters. The molecule has 0 spiro atoms. The largest absolute Gasteiger partial charge is 0.493 e. The summed E-state index contributed by atoms with van der Waals surface area (Å²) in [5, 5.41) is 2.76. The van der Waals surface area contributed by atoms with E-state index in [0.29, 0.717) is 17.8 Å². The molecule has 0 saturated heterocycles. The number of nitrogens with one attached hydrogen (secondary N) is 1. The number of rotatable bonds is 5. The molecular formula is C22H22N2O2S. The number of aromatic amines is 1. The molecule has 0 aliphatic carbocycles. The standard InChI is InChI=1S/C22H22N2O2S/c1-4-5-12-26-18-11-10-17(15-8-6-7-9-16(15)18)20-23-21(25)19-13(2)14(3)27-22(19)24-20/h6-11H,4-5,12H2,1-3H3,(H,23,24,25). The predicted molar refractivity (Wildman–Crippen MR) is 113 cm³/mol. The van der Waals surface area contributed by atoms with Crippen LogP contribution in [0.4, 0.5) is 0 Å². The summed E-state index contributed by atoms with van der Waals surface area (Å²) >= 11 is 1.57. The highest BCUT2D eigenvalue weighted by molar-refractivity contribution is 7.18. The van der Waals surface area contributed by atoms with Gasteiger partial charge in [-0.2, -0.15) is 0 Å². The van der Waals surface area contributed by atoms with Crippen LogP contribution in [0.25, 0.3) is 32.4 Å². The number of unbranched alkanes of at least 4 members (excludes halogenated alkanes) is 1. The molecule has 138 valence electrons. The lowest BCUT2D eigenvalue weighted by atomic mass is 10.0. The summed E-state index contributed by atoms with van der Waals surface area (Å²) in [4.78, 5) is 22.3. The lowest BCUT2D eigenvalue weighted by Gasteiger charge is -2.12. The summed E-state index contributed by atoms with van der Waals surface area (Å²) in [5.74, 6) is 1.47. The average molecular weight is 378 g/mol. The van der Waals surface area contributed by atoms with Crippen molar-refractivity contribution in [2.24, 2.45) is 0 Å². The number of fused-ring (bicyclic) bond motifs is 2. The van der Waals surface area contributed by atoms with E-state index in [2.05, 4.69) is 18.0 Å². The molecule has 27 heavy (non-hydrogen) atoms. The number of hydrogen-bond acceptors (Lipinski definition) is 4. The molecule has 5 heteroatoms. The molecule has 0 atom stereocenters. The minimum atomic E-state index is -0.0794. The van der Waals surface area contributed by atoms with E-state index in [1.54, 1.807) is 11.3 Å². The molecule has 2 heterocycles. The minimum Gasteiger partial charge on any atom is -0.493 e. The van der Waals surface area contributed by atoms with Crippen LogP contribution >= 0.6 is 11.3 Å². The molecule has 2 aromatic carbocycles. The summed E-state index contributed by atoms with van der Waals surface area (Å²) in [7, 11) is 0. The smallest absolute Gasteiger partial charge is 0.260 e. The summed E-state index contributed by atoms with van der Waals surface area (Å²) < 4.78 is 5.97. The summed E-state index contributed by atoms with van der Waals surface area (Å²) in [6, 6.07) is 12.1. The molecule has 0 amide bonds. The van der Waals surface area contributed by atoms with Crippen molar-refractivity contribution in [3.63, 3.8) is 0 Å². The topological polar surface area (TPSA) is 55.0 Å². The molecule has 4 aromatic rings. The monoisotopic (exact) mass is 378 g/mol. The second-order valence-electron chi connectivity index (χ2n) is 6.74. The lowest BCUT2D eigenvalue weighted by molar-refractivity contribution is 0.313. The number of aryl methyl sites for hydroxylation is 2. The van der Waals surface area contributed by atoms with Crippen molar-refractivity contribution in [1.82, 2.24) is 9.97 Å². The Hall–Kier alpha value is -2.66. The van der Waals surface area contributed by atoms with E-state index in [1.807, 2.05) is 44.2 Å². The number of nitrogens with zero attached hydrogens (tertiary/aromatic N) is 1. The van der Waals surface area contributed by atoms with E-state index in [1.165, 1.54) is 0 Å². The van der Waals surface area contributed by atoms with Gasteiger partial charge in [0, 0.05) is 15.8 Å². The second-order valence-corrected chi connectivity index (χ2v) is 7.94. The Morgan fingerprint density at radius 2 is 1.89 bits per heavy atom. The van der Waals surface area contributed by atoms with E-state index < -0.39 is 0 Å². The fraction of sp³-hybridized carbons (Fsp3) is 0.273. The van der Waals surface area contributed by atoms with Crippen LogP contribution in [-0.2, 0) is 0 Å². The van der Waals surface area contributed by atoms with Crippen molar-refractivity contribution in [1.29, 1.82) is 0 Å². The first-order valence-corrected chi connectivity index (χ1v) is 10.1. The molecule has 1 N–H and O–H groups in total. The Balaban J connectivity index is 1.88. The van der Waals surface area contributed by atoms with E-state index in [0.717, 1.165) is 50.2 Å². The zero-order valence-corrected chi connectivity index (χ0v) is 16.6. The number of aromatic nitrogens is 2. The van der Waals surface area contributed by atoms with Crippen LogP contribution in [0.3, 0.4) is 0 Å².